The summed E-state index contributed by atoms with van der Waals surface area (Å²) in [5.41, 5.74) is -0.272. The highest BCUT2D eigenvalue weighted by molar-refractivity contribution is 5.97. The summed E-state index contributed by atoms with van der Waals surface area (Å²) in [7, 11) is 1.41. The highest BCUT2D eigenvalue weighted by Gasteiger charge is 2.24. The average molecular weight is 393 g/mol. The minimum Gasteiger partial charge on any atom is -0.493 e. The lowest BCUT2D eigenvalue weighted by atomic mass is 10.1. The number of hydrogen-bond acceptors (Lipinski definition) is 6. The van der Waals surface area contributed by atoms with E-state index >= 15 is 0 Å². The average Bonchev–Trinajstić information content (AvgIpc) is 2.69. The number of rotatable bonds is 5. The maximum absolute atomic E-state index is 13.6. The van der Waals surface area contributed by atoms with E-state index in [1.807, 2.05) is 0 Å². The van der Waals surface area contributed by atoms with E-state index in [0.29, 0.717) is 24.7 Å². The third-order valence-electron chi connectivity index (χ3n) is 3.90. The molecule has 0 saturated carbocycles. The summed E-state index contributed by atoms with van der Waals surface area (Å²) >= 11 is 0. The Morgan fingerprint density at radius 1 is 1.14 bits per heavy atom. The number of benzene rings is 2. The third-order valence-corrected chi connectivity index (χ3v) is 3.90. The van der Waals surface area contributed by atoms with E-state index in [2.05, 4.69) is 5.32 Å². The van der Waals surface area contributed by atoms with Crippen molar-refractivity contribution in [3.05, 3.63) is 47.5 Å². The van der Waals surface area contributed by atoms with Crippen LogP contribution < -0.4 is 19.5 Å². The molecule has 1 heterocycles. The monoisotopic (exact) mass is 393 g/mol. The minimum atomic E-state index is -1.27. The number of amides is 1. The van der Waals surface area contributed by atoms with Gasteiger partial charge in [0.2, 0.25) is 5.75 Å². The van der Waals surface area contributed by atoms with Crippen LogP contribution in [0, 0.1) is 11.6 Å². The Kier molecular flexibility index (Phi) is 5.62. The van der Waals surface area contributed by atoms with Crippen LogP contribution in [0.4, 0.5) is 14.5 Å². The van der Waals surface area contributed by atoms with Crippen molar-refractivity contribution in [2.75, 3.05) is 25.6 Å². The first-order chi connectivity index (χ1) is 13.4. The van der Waals surface area contributed by atoms with Crippen molar-refractivity contribution in [1.29, 1.82) is 0 Å². The highest BCUT2D eigenvalue weighted by Crippen LogP contribution is 2.40. The SMILES string of the molecule is COc1cc(C(=O)O[C@@H](C)C(=O)Nc2cc(F)ccc2F)cc2c1OCCO2. The van der Waals surface area contributed by atoms with E-state index in [-0.39, 0.29) is 17.0 Å². The van der Waals surface area contributed by atoms with Crippen LogP contribution in [0.5, 0.6) is 17.2 Å². The molecule has 7 nitrogen and oxygen atoms in total. The molecule has 9 heteroatoms. The molecule has 0 saturated heterocycles. The van der Waals surface area contributed by atoms with E-state index in [9.17, 15) is 18.4 Å². The molecule has 1 N–H and O–H groups in total. The molecule has 1 atom stereocenters. The van der Waals surface area contributed by atoms with Gasteiger partial charge in [0.05, 0.1) is 18.4 Å². The van der Waals surface area contributed by atoms with Crippen LogP contribution in [0.3, 0.4) is 0 Å². The van der Waals surface area contributed by atoms with E-state index in [0.717, 1.165) is 18.2 Å². The van der Waals surface area contributed by atoms with Crippen LogP contribution in [0.2, 0.25) is 0 Å². The predicted molar refractivity (Wildman–Crippen MR) is 93.8 cm³/mol. The molecule has 1 aliphatic heterocycles. The molecule has 148 valence electrons. The number of halogens is 2. The number of anilines is 1. The van der Waals surface area contributed by atoms with Gasteiger partial charge in [-0.1, -0.05) is 0 Å². The summed E-state index contributed by atoms with van der Waals surface area (Å²) in [6.07, 6.45) is -1.27. The number of methoxy groups -OCH3 is 1. The second kappa shape index (κ2) is 8.12. The highest BCUT2D eigenvalue weighted by atomic mass is 19.1. The van der Waals surface area contributed by atoms with Crippen molar-refractivity contribution < 1.29 is 37.3 Å². The van der Waals surface area contributed by atoms with Gasteiger partial charge in [-0.2, -0.15) is 0 Å². The Bertz CT molecular complexity index is 900. The number of carbonyl (C=O) groups excluding carboxylic acids is 2. The van der Waals surface area contributed by atoms with Crippen molar-refractivity contribution in [3.8, 4) is 17.2 Å². The normalized spacial score (nSPS) is 13.4. The molecule has 0 unspecified atom stereocenters. The van der Waals surface area contributed by atoms with Crippen molar-refractivity contribution in [2.24, 2.45) is 0 Å². The molecule has 28 heavy (non-hydrogen) atoms. The van der Waals surface area contributed by atoms with E-state index in [4.69, 9.17) is 18.9 Å². The Labute approximate surface area is 159 Å². The fourth-order valence-electron chi connectivity index (χ4n) is 2.50. The molecule has 0 spiro atoms. The summed E-state index contributed by atoms with van der Waals surface area (Å²) < 4.78 is 48.0. The van der Waals surface area contributed by atoms with Gasteiger partial charge in [0, 0.05) is 6.07 Å². The number of carbonyl (C=O) groups is 2. The van der Waals surface area contributed by atoms with Gasteiger partial charge in [-0.3, -0.25) is 4.79 Å². The molecule has 0 fully saturated rings. The smallest absolute Gasteiger partial charge is 0.339 e. The molecule has 1 amide bonds. The summed E-state index contributed by atoms with van der Waals surface area (Å²) in [6.45, 7) is 1.97. The molecule has 0 aliphatic carbocycles. The maximum atomic E-state index is 13.6. The standard InChI is InChI=1S/C19H17F2NO6/c1-10(18(23)22-14-9-12(20)3-4-13(14)21)28-19(24)11-7-15(25-2)17-16(8-11)26-5-6-27-17/h3-4,7-10H,5-6H2,1-2H3,(H,22,23)/t10-/m0/s1. The van der Waals surface area contributed by atoms with Gasteiger partial charge < -0.3 is 24.3 Å². The number of nitrogens with one attached hydrogen (secondary N) is 1. The van der Waals surface area contributed by atoms with Crippen LogP contribution in [-0.2, 0) is 9.53 Å². The second-order valence-corrected chi connectivity index (χ2v) is 5.86. The topological polar surface area (TPSA) is 83.1 Å². The number of ether oxygens (including phenoxy) is 4. The van der Waals surface area contributed by atoms with Gasteiger partial charge in [-0.15, -0.1) is 0 Å². The lowest BCUT2D eigenvalue weighted by molar-refractivity contribution is -0.123. The lowest BCUT2D eigenvalue weighted by Crippen LogP contribution is -2.30. The van der Waals surface area contributed by atoms with Gasteiger partial charge in [-0.25, -0.2) is 13.6 Å². The minimum absolute atomic E-state index is 0.0812. The molecule has 0 aromatic heterocycles. The Hall–Kier alpha value is -3.36. The molecule has 0 bridgehead atoms. The van der Waals surface area contributed by atoms with Crippen LogP contribution in [0.15, 0.2) is 30.3 Å². The zero-order valence-corrected chi connectivity index (χ0v) is 15.1. The number of esters is 1. The largest absolute Gasteiger partial charge is 0.493 e. The van der Waals surface area contributed by atoms with Gasteiger partial charge in [-0.05, 0) is 31.2 Å². The first-order valence-corrected chi connectivity index (χ1v) is 8.33. The molecule has 2 aromatic rings. The van der Waals surface area contributed by atoms with Gasteiger partial charge >= 0.3 is 5.97 Å². The predicted octanol–water partition coefficient (Wildman–Crippen LogP) is 2.93. The van der Waals surface area contributed by atoms with Gasteiger partial charge in [0.1, 0.15) is 24.8 Å². The fraction of sp³-hybridized carbons (Fsp3) is 0.263. The summed E-state index contributed by atoms with van der Waals surface area (Å²) in [6, 6.07) is 5.43. The van der Waals surface area contributed by atoms with Crippen LogP contribution in [0.25, 0.3) is 0 Å². The number of fused-ring (bicyclic) bond motifs is 1. The zero-order valence-electron chi connectivity index (χ0n) is 15.1. The Morgan fingerprint density at radius 2 is 1.89 bits per heavy atom. The summed E-state index contributed by atoms with van der Waals surface area (Å²) in [5, 5.41) is 2.18. The lowest BCUT2D eigenvalue weighted by Gasteiger charge is -2.21. The molecule has 3 rings (SSSR count). The first kappa shape index (κ1) is 19.4. The maximum Gasteiger partial charge on any atom is 0.339 e. The molecule has 2 aromatic carbocycles. The number of hydrogen-bond donors (Lipinski definition) is 1. The first-order valence-electron chi connectivity index (χ1n) is 8.33. The van der Waals surface area contributed by atoms with Gasteiger partial charge in [0.15, 0.2) is 17.6 Å². The van der Waals surface area contributed by atoms with Crippen LogP contribution in [0.1, 0.15) is 17.3 Å². The van der Waals surface area contributed by atoms with Crippen molar-refractivity contribution in [2.45, 2.75) is 13.0 Å². The third kappa shape index (κ3) is 4.13. The Balaban J connectivity index is 1.71. The zero-order chi connectivity index (χ0) is 20.3. The van der Waals surface area contributed by atoms with Crippen LogP contribution >= 0.6 is 0 Å². The summed E-state index contributed by atoms with van der Waals surface area (Å²) in [5.74, 6) is -2.20. The quantitative estimate of drug-likeness (QED) is 0.787. The summed E-state index contributed by atoms with van der Waals surface area (Å²) in [4.78, 5) is 24.6. The van der Waals surface area contributed by atoms with E-state index < -0.39 is 29.6 Å². The Morgan fingerprint density at radius 3 is 2.64 bits per heavy atom. The molecule has 1 aliphatic rings. The van der Waals surface area contributed by atoms with E-state index in [1.165, 1.54) is 26.2 Å². The molecule has 0 radical (unpaired) electrons. The molecular weight excluding hydrogens is 376 g/mol. The molecular formula is C19H17F2NO6. The van der Waals surface area contributed by atoms with Gasteiger partial charge in [0.25, 0.3) is 5.91 Å². The van der Waals surface area contributed by atoms with Crippen molar-refractivity contribution >= 4 is 17.6 Å². The fourth-order valence-corrected chi connectivity index (χ4v) is 2.50. The van der Waals surface area contributed by atoms with E-state index in [1.54, 1.807) is 0 Å². The van der Waals surface area contributed by atoms with Crippen LogP contribution in [-0.4, -0.2) is 38.3 Å². The second-order valence-electron chi connectivity index (χ2n) is 5.86. The van der Waals surface area contributed by atoms with Crippen molar-refractivity contribution in [3.63, 3.8) is 0 Å². The van der Waals surface area contributed by atoms with Crippen molar-refractivity contribution in [1.82, 2.24) is 0 Å².